The van der Waals surface area contributed by atoms with Gasteiger partial charge in [-0.1, -0.05) is 0 Å². The van der Waals surface area contributed by atoms with E-state index in [0.717, 1.165) is 6.42 Å². The molecule has 0 bridgehead atoms. The average Bonchev–Trinajstić information content (AvgIpc) is 3.14. The number of aliphatic hydroxyl groups is 1. The summed E-state index contributed by atoms with van der Waals surface area (Å²) in [5.41, 5.74) is -0.539. The second kappa shape index (κ2) is 12.7. The molecule has 3 atom stereocenters. The van der Waals surface area contributed by atoms with E-state index in [2.05, 4.69) is 27.7 Å². The van der Waals surface area contributed by atoms with Gasteiger partial charge in [0.2, 0.25) is 0 Å². The average molecular weight is 491 g/mol. The Morgan fingerprint density at radius 2 is 1.67 bits per heavy atom. The molecule has 5 heteroatoms. The van der Waals surface area contributed by atoms with Gasteiger partial charge in [0.05, 0.1) is 0 Å². The topological polar surface area (TPSA) is 55.8 Å². The molecule has 0 aromatic carbocycles. The molecule has 1 saturated heterocycles. The predicted molar refractivity (Wildman–Crippen MR) is 115 cm³/mol. The summed E-state index contributed by atoms with van der Waals surface area (Å²) in [4.78, 5) is 13.2. The van der Waals surface area contributed by atoms with Crippen LogP contribution in [-0.4, -0.2) is 53.9 Å². The molecule has 0 amide bonds. The summed E-state index contributed by atoms with van der Waals surface area (Å²) in [7, 11) is 1.52. The number of esters is 1. The van der Waals surface area contributed by atoms with Crippen molar-refractivity contribution in [2.45, 2.75) is 96.5 Å². The molecular weight excluding hydrogens is 447 g/mol. The molecule has 0 unspecified atom stereocenters. The quantitative estimate of drug-likeness (QED) is 0.263. The molecule has 1 aliphatic heterocycles. The third kappa shape index (κ3) is 5.85. The first kappa shape index (κ1) is 25.2. The van der Waals surface area contributed by atoms with Gasteiger partial charge in [-0.05, 0) is 0 Å². The molecule has 0 aliphatic carbocycles. The fourth-order valence-corrected chi connectivity index (χ4v) is 24.7. The van der Waals surface area contributed by atoms with Crippen molar-refractivity contribution < 1.29 is 19.4 Å². The van der Waals surface area contributed by atoms with E-state index in [1.807, 2.05) is 0 Å². The first-order chi connectivity index (χ1) is 13.0. The third-order valence-electron chi connectivity index (χ3n) is 6.92. The number of carbonyl (C=O) groups excluding carboxylic acids is 1. The van der Waals surface area contributed by atoms with Crippen LogP contribution in [0.2, 0.25) is 13.3 Å². The number of hydrogen-bond donors (Lipinski definition) is 1. The van der Waals surface area contributed by atoms with Crippen LogP contribution in [0.3, 0.4) is 0 Å². The molecule has 1 N–H and O–H groups in total. The molecule has 0 radical (unpaired) electrons. The van der Waals surface area contributed by atoms with Crippen LogP contribution in [0.5, 0.6) is 0 Å². The van der Waals surface area contributed by atoms with Crippen LogP contribution in [-0.2, 0) is 14.3 Å². The molecular formula is C22H44O4Sn. The van der Waals surface area contributed by atoms with E-state index in [9.17, 15) is 9.90 Å². The van der Waals surface area contributed by atoms with E-state index in [0.29, 0.717) is 13.0 Å². The van der Waals surface area contributed by atoms with Crippen LogP contribution >= 0.6 is 0 Å². The minimum atomic E-state index is -2.79. The number of aliphatic hydroxyl groups excluding tert-OH is 1. The van der Waals surface area contributed by atoms with Crippen molar-refractivity contribution in [3.05, 3.63) is 0 Å². The van der Waals surface area contributed by atoms with Gasteiger partial charge in [0, 0.05) is 0 Å². The summed E-state index contributed by atoms with van der Waals surface area (Å²) in [6.45, 7) is 9.73. The van der Waals surface area contributed by atoms with Crippen molar-refractivity contribution >= 4 is 24.3 Å². The van der Waals surface area contributed by atoms with Crippen LogP contribution < -0.4 is 0 Å². The summed E-state index contributed by atoms with van der Waals surface area (Å²) in [5, 5.41) is 9.60. The van der Waals surface area contributed by atoms with Crippen LogP contribution in [0.25, 0.3) is 0 Å². The van der Waals surface area contributed by atoms with Crippen molar-refractivity contribution in [2.24, 2.45) is 11.3 Å². The molecule has 4 nitrogen and oxygen atoms in total. The molecule has 0 saturated carbocycles. The van der Waals surface area contributed by atoms with Gasteiger partial charge in [0.1, 0.15) is 0 Å². The maximum atomic E-state index is 13.2. The predicted octanol–water partition coefficient (Wildman–Crippen LogP) is 5.34. The Bertz CT molecular complexity index is 407. The molecule has 27 heavy (non-hydrogen) atoms. The number of unbranched alkanes of at least 4 members (excludes halogenated alkanes) is 3. The van der Waals surface area contributed by atoms with E-state index in [1.165, 1.54) is 58.9 Å². The number of hydrogen-bond acceptors (Lipinski definition) is 4. The Balaban J connectivity index is 3.40. The Morgan fingerprint density at radius 1 is 1.15 bits per heavy atom. The standard InChI is InChI=1S/C10H17O4.3C4H9.Sn/c1-8(3-5-11)10(9(12)13-2)4-6-14-7-10;3*1-3-4-2;/h7-8,11H,3-6H2,1-2H3;3*1,3-4H2,2H3;/t8-,10+;;;;/m0..../s1. The van der Waals surface area contributed by atoms with Crippen LogP contribution in [0.15, 0.2) is 0 Å². The Hall–Kier alpha value is 0.189. The van der Waals surface area contributed by atoms with Crippen LogP contribution in [0.1, 0.15) is 79.1 Å². The van der Waals surface area contributed by atoms with Gasteiger partial charge in [-0.2, -0.15) is 0 Å². The summed E-state index contributed by atoms with van der Waals surface area (Å²) in [6.07, 6.45) is 8.81. The zero-order chi connectivity index (χ0) is 20.3. The Morgan fingerprint density at radius 3 is 2.07 bits per heavy atom. The van der Waals surface area contributed by atoms with Gasteiger partial charge in [0.25, 0.3) is 0 Å². The molecule has 1 aliphatic rings. The van der Waals surface area contributed by atoms with Gasteiger partial charge >= 0.3 is 172 Å². The molecule has 160 valence electrons. The molecule has 0 aromatic rings. The second-order valence-electron chi connectivity index (χ2n) is 8.62. The van der Waals surface area contributed by atoms with E-state index in [-0.39, 0.29) is 22.6 Å². The van der Waals surface area contributed by atoms with Crippen molar-refractivity contribution in [1.82, 2.24) is 0 Å². The molecule has 1 rings (SSSR count). The summed E-state index contributed by atoms with van der Waals surface area (Å²) in [5.74, 6) is 0.0138. The fraction of sp³-hybridized carbons (Fsp3) is 0.955. The molecule has 0 spiro atoms. The molecule has 1 heterocycles. The van der Waals surface area contributed by atoms with Crippen LogP contribution in [0, 0.1) is 11.3 Å². The van der Waals surface area contributed by atoms with Crippen molar-refractivity contribution in [3.63, 3.8) is 0 Å². The summed E-state index contributed by atoms with van der Waals surface area (Å²) in [6, 6.07) is 0. The molecule has 1 fully saturated rings. The van der Waals surface area contributed by atoms with Crippen molar-refractivity contribution in [2.75, 3.05) is 20.3 Å². The van der Waals surface area contributed by atoms with E-state index in [4.69, 9.17) is 9.47 Å². The first-order valence-corrected chi connectivity index (χ1v) is 19.0. The van der Waals surface area contributed by atoms with Gasteiger partial charge in [-0.3, -0.25) is 0 Å². The fourth-order valence-electron chi connectivity index (χ4n) is 5.26. The monoisotopic (exact) mass is 492 g/mol. The number of ether oxygens (including phenoxy) is 2. The van der Waals surface area contributed by atoms with Crippen molar-refractivity contribution in [1.29, 1.82) is 0 Å². The van der Waals surface area contributed by atoms with Crippen LogP contribution in [0.4, 0.5) is 0 Å². The Labute approximate surface area is 171 Å². The third-order valence-corrected chi connectivity index (χ3v) is 23.6. The van der Waals surface area contributed by atoms with E-state index >= 15 is 0 Å². The van der Waals surface area contributed by atoms with Gasteiger partial charge < -0.3 is 0 Å². The second-order valence-corrected chi connectivity index (χ2v) is 22.2. The summed E-state index contributed by atoms with van der Waals surface area (Å²) < 4.78 is 16.0. The normalized spacial score (nSPS) is 24.1. The maximum absolute atomic E-state index is 13.2. The van der Waals surface area contributed by atoms with Gasteiger partial charge in [-0.15, -0.1) is 0 Å². The van der Waals surface area contributed by atoms with Gasteiger partial charge in [-0.25, -0.2) is 0 Å². The zero-order valence-corrected chi connectivity index (χ0v) is 21.4. The summed E-state index contributed by atoms with van der Waals surface area (Å²) >= 11 is -2.79. The first-order valence-electron chi connectivity index (χ1n) is 11.3. The zero-order valence-electron chi connectivity index (χ0n) is 18.5. The van der Waals surface area contributed by atoms with E-state index in [1.54, 1.807) is 0 Å². The number of carbonyl (C=O) groups is 1. The van der Waals surface area contributed by atoms with Gasteiger partial charge in [0.15, 0.2) is 0 Å². The van der Waals surface area contributed by atoms with E-state index < -0.39 is 23.8 Å². The number of methoxy groups -OCH3 is 1. The minimum absolute atomic E-state index is 0.0866. The molecule has 0 aromatic heterocycles. The van der Waals surface area contributed by atoms with Crippen molar-refractivity contribution in [3.8, 4) is 0 Å². The number of rotatable bonds is 14. The SMILES string of the molecule is CCC[CH2][Sn]([CH2]CCC)([CH2]CCC)[C@H]1OCC[C@]1(C(=O)OC)[C@@H](C)CCO. The Kier molecular flexibility index (Phi) is 11.9.